The van der Waals surface area contributed by atoms with Gasteiger partial charge in [-0.2, -0.15) is 0 Å². The van der Waals surface area contributed by atoms with Crippen LogP contribution in [0.5, 0.6) is 17.2 Å². The number of imide groups is 2. The number of carbonyl (C=O) groups excluding carboxylic acids is 4. The molecule has 2 saturated heterocycles. The van der Waals surface area contributed by atoms with Crippen molar-refractivity contribution in [2.45, 2.75) is 64.3 Å². The average Bonchev–Trinajstić information content (AvgIpc) is 3.74. The van der Waals surface area contributed by atoms with Crippen molar-refractivity contribution in [2.24, 2.45) is 7.05 Å². The number of piperidine rings is 2. The number of aromatic nitrogens is 4. The molecule has 15 heteroatoms. The van der Waals surface area contributed by atoms with Gasteiger partial charge in [-0.25, -0.2) is 4.68 Å². The number of ether oxygens (including phenoxy) is 3. The van der Waals surface area contributed by atoms with E-state index >= 15 is 0 Å². The Morgan fingerprint density at radius 2 is 1.58 bits per heavy atom. The number of hydrogen-bond donors (Lipinski definition) is 1. The maximum absolute atomic E-state index is 13.2. The molecule has 1 unspecified atom stereocenters. The van der Waals surface area contributed by atoms with E-state index in [9.17, 15) is 24.0 Å². The predicted molar refractivity (Wildman–Crippen MR) is 191 cm³/mol. The second-order valence-corrected chi connectivity index (χ2v) is 13.7. The number of aryl methyl sites for hydroxylation is 2. The van der Waals surface area contributed by atoms with Crippen molar-refractivity contribution in [1.29, 1.82) is 0 Å². The number of pyridine rings is 1. The highest BCUT2D eigenvalue weighted by Crippen LogP contribution is 2.37. The molecule has 53 heavy (non-hydrogen) atoms. The summed E-state index contributed by atoms with van der Waals surface area (Å²) in [5.74, 6) is -0.449. The first-order valence-electron chi connectivity index (χ1n) is 17.5. The maximum Gasteiger partial charge on any atom is 0.262 e. The maximum atomic E-state index is 13.2. The van der Waals surface area contributed by atoms with E-state index in [1.165, 1.54) is 12.1 Å². The molecule has 1 N–H and O–H groups in total. The van der Waals surface area contributed by atoms with Gasteiger partial charge >= 0.3 is 0 Å². The van der Waals surface area contributed by atoms with E-state index in [0.29, 0.717) is 35.1 Å². The Bertz CT molecular complexity index is 2130. The lowest BCUT2D eigenvalue weighted by atomic mass is 10.0. The Balaban J connectivity index is 0.977. The van der Waals surface area contributed by atoms with Gasteiger partial charge in [-0.05, 0) is 80.6 Å². The van der Waals surface area contributed by atoms with Gasteiger partial charge < -0.3 is 18.8 Å². The summed E-state index contributed by atoms with van der Waals surface area (Å²) < 4.78 is 21.3. The Labute approximate surface area is 305 Å². The number of benzene rings is 2. The highest BCUT2D eigenvalue weighted by molar-refractivity contribution is 6.23. The number of nitrogens with zero attached hydrogens (tertiary/aromatic N) is 6. The molecule has 4 aromatic rings. The van der Waals surface area contributed by atoms with E-state index in [1.807, 2.05) is 42.2 Å². The number of hydrogen-bond acceptors (Lipinski definition) is 11. The molecule has 0 bridgehead atoms. The molecule has 0 aliphatic carbocycles. The molecule has 2 atom stereocenters. The highest BCUT2D eigenvalue weighted by Gasteiger charge is 2.44. The quantitative estimate of drug-likeness (QED) is 0.239. The van der Waals surface area contributed by atoms with Gasteiger partial charge in [-0.3, -0.25) is 39.1 Å². The fraction of sp³-hybridized carbons (Fsp3) is 0.395. The van der Waals surface area contributed by atoms with Crippen LogP contribution in [0, 0.1) is 6.92 Å². The van der Waals surface area contributed by atoms with Gasteiger partial charge in [-0.15, -0.1) is 5.10 Å². The number of fused-ring (bicyclic) bond motifs is 1. The van der Waals surface area contributed by atoms with E-state index in [-0.39, 0.29) is 35.6 Å². The Kier molecular flexibility index (Phi) is 9.60. The van der Waals surface area contributed by atoms with Crippen LogP contribution in [0.3, 0.4) is 0 Å². The van der Waals surface area contributed by atoms with E-state index in [0.717, 1.165) is 47.5 Å². The van der Waals surface area contributed by atoms with Crippen molar-refractivity contribution < 1.29 is 33.4 Å². The molecular weight excluding hydrogens is 682 g/mol. The molecule has 2 fully saturated rings. The fourth-order valence-electron chi connectivity index (χ4n) is 7.35. The number of methoxy groups -OCH3 is 2. The van der Waals surface area contributed by atoms with Crippen LogP contribution in [0.2, 0.25) is 0 Å². The largest absolute Gasteiger partial charge is 0.496 e. The molecule has 0 spiro atoms. The Morgan fingerprint density at radius 1 is 0.887 bits per heavy atom. The molecule has 7 rings (SSSR count). The molecule has 2 aromatic carbocycles. The monoisotopic (exact) mass is 723 g/mol. The normalized spacial score (nSPS) is 18.6. The molecular formula is C38H41N7O8. The summed E-state index contributed by atoms with van der Waals surface area (Å²) in [5, 5.41) is 11.0. The molecule has 2 aromatic heterocycles. The van der Waals surface area contributed by atoms with Crippen LogP contribution in [0.25, 0.3) is 11.1 Å². The lowest BCUT2D eigenvalue weighted by Gasteiger charge is -2.32. The zero-order valence-electron chi connectivity index (χ0n) is 30.2. The van der Waals surface area contributed by atoms with Gasteiger partial charge in [0.05, 0.1) is 43.1 Å². The highest BCUT2D eigenvalue weighted by atomic mass is 16.5. The minimum absolute atomic E-state index is 0.0335. The summed E-state index contributed by atoms with van der Waals surface area (Å²) in [6.07, 6.45) is 5.02. The summed E-state index contributed by atoms with van der Waals surface area (Å²) in [7, 11) is 5.04. The van der Waals surface area contributed by atoms with Gasteiger partial charge in [0.25, 0.3) is 17.4 Å². The first-order chi connectivity index (χ1) is 25.4. The second kappa shape index (κ2) is 14.3. The molecule has 4 amide bonds. The van der Waals surface area contributed by atoms with Crippen molar-refractivity contribution in [2.75, 3.05) is 27.3 Å². The van der Waals surface area contributed by atoms with E-state index in [1.54, 1.807) is 38.8 Å². The fourth-order valence-corrected chi connectivity index (χ4v) is 7.35. The minimum Gasteiger partial charge on any atom is -0.496 e. The van der Waals surface area contributed by atoms with Gasteiger partial charge in [0.15, 0.2) is 0 Å². The summed E-state index contributed by atoms with van der Waals surface area (Å²) in [6, 6.07) is 9.58. The molecule has 5 heterocycles. The predicted octanol–water partition coefficient (Wildman–Crippen LogP) is 3.35. The van der Waals surface area contributed by atoms with Crippen LogP contribution < -0.4 is 25.1 Å². The first kappa shape index (κ1) is 35.6. The number of amides is 4. The molecule has 0 radical (unpaired) electrons. The van der Waals surface area contributed by atoms with Crippen LogP contribution in [-0.2, 0) is 23.2 Å². The Morgan fingerprint density at radius 3 is 2.25 bits per heavy atom. The molecule has 276 valence electrons. The third-order valence-corrected chi connectivity index (χ3v) is 10.3. The van der Waals surface area contributed by atoms with Crippen LogP contribution in [0.1, 0.15) is 82.3 Å². The van der Waals surface area contributed by atoms with Crippen molar-refractivity contribution >= 4 is 23.6 Å². The molecule has 3 aliphatic rings. The molecule has 3 aliphatic heterocycles. The van der Waals surface area contributed by atoms with Gasteiger partial charge in [0, 0.05) is 44.9 Å². The zero-order chi connectivity index (χ0) is 37.6. The standard InChI is InChI=1S/C38H41N7O8/c1-21-14-24(18-42(3)36(21)48)23-15-32(51-4)29(33(16-23)52-5)19-43-12-10-25(11-13-43)44-20-30(40-41-44)22(2)53-26-6-7-27-28(17-26)38(50)45(37(27)49)31-8-9-34(46)39-35(31)47/h6-7,14-18,20,22,25,31H,8-13,19H2,1-5H3,(H,39,46,47)/t22-,31?/m0/s1. The third-order valence-electron chi connectivity index (χ3n) is 10.3. The number of rotatable bonds is 10. The second-order valence-electron chi connectivity index (χ2n) is 13.7. The summed E-state index contributed by atoms with van der Waals surface area (Å²) >= 11 is 0. The lowest BCUT2D eigenvalue weighted by Crippen LogP contribution is -2.54. The van der Waals surface area contributed by atoms with Crippen molar-refractivity contribution in [3.8, 4) is 28.4 Å². The van der Waals surface area contributed by atoms with Gasteiger partial charge in [0.1, 0.15) is 35.1 Å². The van der Waals surface area contributed by atoms with Crippen LogP contribution in [-0.4, -0.2) is 86.3 Å². The lowest BCUT2D eigenvalue weighted by molar-refractivity contribution is -0.136. The third kappa shape index (κ3) is 6.79. The van der Waals surface area contributed by atoms with Crippen LogP contribution >= 0.6 is 0 Å². The first-order valence-corrected chi connectivity index (χ1v) is 17.5. The summed E-state index contributed by atoms with van der Waals surface area (Å²) in [4.78, 5) is 65.8. The number of nitrogens with one attached hydrogen (secondary N) is 1. The molecule has 15 nitrogen and oxygen atoms in total. The van der Waals surface area contributed by atoms with Gasteiger partial charge in [-0.1, -0.05) is 5.21 Å². The van der Waals surface area contributed by atoms with E-state index in [2.05, 4.69) is 20.5 Å². The smallest absolute Gasteiger partial charge is 0.262 e. The average molecular weight is 724 g/mol. The van der Waals surface area contributed by atoms with Crippen LogP contribution in [0.4, 0.5) is 0 Å². The summed E-state index contributed by atoms with van der Waals surface area (Å²) in [5.41, 5.74) is 4.32. The topological polar surface area (TPSA) is 167 Å². The van der Waals surface area contributed by atoms with Crippen LogP contribution in [0.15, 0.2) is 53.6 Å². The SMILES string of the molecule is COc1cc(-c2cc(C)c(=O)n(C)c2)cc(OC)c1CN1CCC(n2cc([C@H](C)Oc3ccc4c(c3)C(=O)N(C3CCC(=O)NC3=O)C4=O)nn2)CC1. The minimum atomic E-state index is -1.04. The number of carbonyl (C=O) groups is 4. The van der Waals surface area contributed by atoms with E-state index < -0.39 is 35.8 Å². The zero-order valence-corrected chi connectivity index (χ0v) is 30.2. The summed E-state index contributed by atoms with van der Waals surface area (Å²) in [6.45, 7) is 5.91. The molecule has 0 saturated carbocycles. The van der Waals surface area contributed by atoms with Crippen molar-refractivity contribution in [3.05, 3.63) is 87.1 Å². The van der Waals surface area contributed by atoms with Gasteiger partial charge in [0.2, 0.25) is 11.8 Å². The Hall–Kier alpha value is -5.83. The van der Waals surface area contributed by atoms with E-state index in [4.69, 9.17) is 14.2 Å². The van der Waals surface area contributed by atoms with Crippen molar-refractivity contribution in [1.82, 2.24) is 34.7 Å². The van der Waals surface area contributed by atoms with Crippen molar-refractivity contribution in [3.63, 3.8) is 0 Å². The number of likely N-dealkylation sites (tertiary alicyclic amines) is 1.